The van der Waals surface area contributed by atoms with E-state index < -0.39 is 0 Å². The molecule has 0 aromatic heterocycles. The summed E-state index contributed by atoms with van der Waals surface area (Å²) in [6, 6.07) is 0. The van der Waals surface area contributed by atoms with Crippen LogP contribution in [0.25, 0.3) is 0 Å². The fourth-order valence-corrected chi connectivity index (χ4v) is 1.75. The van der Waals surface area contributed by atoms with E-state index in [1.165, 1.54) is 6.92 Å². The number of nitrogens with zero attached hydrogens (tertiary/aromatic N) is 1. The van der Waals surface area contributed by atoms with Crippen LogP contribution >= 0.6 is 11.6 Å². The predicted octanol–water partition coefficient (Wildman–Crippen LogP) is 0.210. The van der Waals surface area contributed by atoms with E-state index in [-0.39, 0.29) is 17.7 Å². The van der Waals surface area contributed by atoms with E-state index in [2.05, 4.69) is 5.32 Å². The van der Waals surface area contributed by atoms with Crippen molar-refractivity contribution in [3.05, 3.63) is 0 Å². The van der Waals surface area contributed by atoms with Gasteiger partial charge in [-0.05, 0) is 5.92 Å². The fourth-order valence-electron chi connectivity index (χ4n) is 1.54. The smallest absolute Gasteiger partial charge is 0.223 e. The van der Waals surface area contributed by atoms with Crippen LogP contribution < -0.4 is 5.32 Å². The molecule has 1 N–H and O–H groups in total. The molecule has 80 valence electrons. The van der Waals surface area contributed by atoms with Gasteiger partial charge in [0.05, 0.1) is 0 Å². The zero-order valence-corrected chi connectivity index (χ0v) is 9.01. The van der Waals surface area contributed by atoms with Crippen LogP contribution in [0.5, 0.6) is 0 Å². The standard InChI is InChI=1S/C9H15ClN2O2/c1-7(13)11-2-3-12-6-8(5-10)4-9(12)14/h8H,2-6H2,1H3,(H,11,13). The highest BCUT2D eigenvalue weighted by Gasteiger charge is 2.28. The van der Waals surface area contributed by atoms with Crippen molar-refractivity contribution >= 4 is 23.4 Å². The maximum absolute atomic E-state index is 11.4. The molecule has 1 heterocycles. The van der Waals surface area contributed by atoms with Gasteiger partial charge >= 0.3 is 0 Å². The Kier molecular flexibility index (Phi) is 4.20. The molecule has 2 amide bonds. The average Bonchev–Trinajstić information content (AvgIpc) is 2.47. The second kappa shape index (κ2) is 5.20. The molecule has 0 aromatic carbocycles. The molecule has 1 saturated heterocycles. The number of alkyl halides is 1. The van der Waals surface area contributed by atoms with Crippen molar-refractivity contribution in [2.24, 2.45) is 5.92 Å². The molecule has 1 fully saturated rings. The molecule has 0 aliphatic carbocycles. The molecular weight excluding hydrogens is 204 g/mol. The minimum absolute atomic E-state index is 0.0643. The maximum Gasteiger partial charge on any atom is 0.223 e. The topological polar surface area (TPSA) is 49.4 Å². The van der Waals surface area contributed by atoms with E-state index in [1.807, 2.05) is 0 Å². The van der Waals surface area contributed by atoms with E-state index in [4.69, 9.17) is 11.6 Å². The lowest BCUT2D eigenvalue weighted by Gasteiger charge is -2.15. The van der Waals surface area contributed by atoms with Gasteiger partial charge in [-0.15, -0.1) is 11.6 Å². The molecule has 0 radical (unpaired) electrons. The first-order valence-electron chi connectivity index (χ1n) is 4.71. The van der Waals surface area contributed by atoms with Crippen molar-refractivity contribution < 1.29 is 9.59 Å². The Morgan fingerprint density at radius 1 is 1.71 bits per heavy atom. The summed E-state index contributed by atoms with van der Waals surface area (Å²) in [6.45, 7) is 3.30. The van der Waals surface area contributed by atoms with Gasteiger partial charge in [0.15, 0.2) is 0 Å². The Hall–Kier alpha value is -0.770. The van der Waals surface area contributed by atoms with Crippen LogP contribution in [0.3, 0.4) is 0 Å². The van der Waals surface area contributed by atoms with Crippen LogP contribution in [0.4, 0.5) is 0 Å². The summed E-state index contributed by atoms with van der Waals surface area (Å²) in [4.78, 5) is 23.7. The average molecular weight is 219 g/mol. The predicted molar refractivity (Wildman–Crippen MR) is 54.1 cm³/mol. The van der Waals surface area contributed by atoms with Gasteiger partial charge in [-0.2, -0.15) is 0 Å². The van der Waals surface area contributed by atoms with Gasteiger partial charge in [0, 0.05) is 38.9 Å². The molecule has 1 unspecified atom stereocenters. The van der Waals surface area contributed by atoms with Crippen LogP contribution in [-0.4, -0.2) is 42.2 Å². The normalized spacial score (nSPS) is 21.4. The lowest BCUT2D eigenvalue weighted by Crippen LogP contribution is -2.34. The molecule has 0 aromatic rings. The zero-order chi connectivity index (χ0) is 10.6. The third-order valence-corrected chi connectivity index (χ3v) is 2.70. The number of rotatable bonds is 4. The highest BCUT2D eigenvalue weighted by molar-refractivity contribution is 6.18. The van der Waals surface area contributed by atoms with Gasteiger partial charge in [-0.25, -0.2) is 0 Å². The van der Waals surface area contributed by atoms with E-state index in [1.54, 1.807) is 4.90 Å². The Balaban J connectivity index is 2.25. The second-order valence-electron chi connectivity index (χ2n) is 3.55. The summed E-state index contributed by atoms with van der Waals surface area (Å²) in [5.74, 6) is 0.885. The van der Waals surface area contributed by atoms with Gasteiger partial charge < -0.3 is 10.2 Å². The summed E-state index contributed by atoms with van der Waals surface area (Å²) in [6.07, 6.45) is 0.545. The molecule has 1 atom stereocenters. The lowest BCUT2D eigenvalue weighted by molar-refractivity contribution is -0.128. The Bertz CT molecular complexity index is 233. The number of carbonyl (C=O) groups excluding carboxylic acids is 2. The Morgan fingerprint density at radius 2 is 2.43 bits per heavy atom. The van der Waals surface area contributed by atoms with Gasteiger partial charge in [-0.1, -0.05) is 0 Å². The summed E-state index contributed by atoms with van der Waals surface area (Å²) in [5, 5.41) is 2.66. The largest absolute Gasteiger partial charge is 0.355 e. The van der Waals surface area contributed by atoms with Crippen molar-refractivity contribution in [1.82, 2.24) is 10.2 Å². The number of hydrogen-bond acceptors (Lipinski definition) is 2. The third-order valence-electron chi connectivity index (χ3n) is 2.27. The van der Waals surface area contributed by atoms with E-state index in [0.29, 0.717) is 25.4 Å². The molecule has 0 bridgehead atoms. The van der Waals surface area contributed by atoms with Crippen molar-refractivity contribution in [3.63, 3.8) is 0 Å². The zero-order valence-electron chi connectivity index (χ0n) is 8.25. The summed E-state index contributed by atoms with van der Waals surface area (Å²) in [7, 11) is 0. The molecule has 5 heteroatoms. The number of carbonyl (C=O) groups is 2. The number of likely N-dealkylation sites (tertiary alicyclic amines) is 1. The molecule has 0 spiro atoms. The van der Waals surface area contributed by atoms with Gasteiger partial charge in [-0.3, -0.25) is 9.59 Å². The Morgan fingerprint density at radius 3 is 2.93 bits per heavy atom. The minimum atomic E-state index is -0.0643. The van der Waals surface area contributed by atoms with Crippen molar-refractivity contribution in [2.75, 3.05) is 25.5 Å². The van der Waals surface area contributed by atoms with Crippen molar-refractivity contribution in [2.45, 2.75) is 13.3 Å². The molecular formula is C9H15ClN2O2. The lowest BCUT2D eigenvalue weighted by atomic mass is 10.2. The highest BCUT2D eigenvalue weighted by Crippen LogP contribution is 2.17. The Labute approximate surface area is 88.6 Å². The minimum Gasteiger partial charge on any atom is -0.355 e. The molecule has 1 rings (SSSR count). The molecule has 1 aliphatic heterocycles. The van der Waals surface area contributed by atoms with Gasteiger partial charge in [0.25, 0.3) is 0 Å². The number of amides is 2. The number of hydrogen-bond donors (Lipinski definition) is 1. The third kappa shape index (κ3) is 3.18. The van der Waals surface area contributed by atoms with Crippen LogP contribution in [0.2, 0.25) is 0 Å². The molecule has 1 aliphatic rings. The van der Waals surface area contributed by atoms with Crippen LogP contribution in [0.15, 0.2) is 0 Å². The quantitative estimate of drug-likeness (QED) is 0.686. The fraction of sp³-hybridized carbons (Fsp3) is 0.778. The van der Waals surface area contributed by atoms with Crippen LogP contribution in [0, 0.1) is 5.92 Å². The summed E-state index contributed by atoms with van der Waals surface area (Å²) < 4.78 is 0. The van der Waals surface area contributed by atoms with Crippen LogP contribution in [0.1, 0.15) is 13.3 Å². The van der Waals surface area contributed by atoms with Crippen LogP contribution in [-0.2, 0) is 9.59 Å². The number of halogens is 1. The van der Waals surface area contributed by atoms with Crippen molar-refractivity contribution in [1.29, 1.82) is 0 Å². The SMILES string of the molecule is CC(=O)NCCN1CC(CCl)CC1=O. The highest BCUT2D eigenvalue weighted by atomic mass is 35.5. The molecule has 14 heavy (non-hydrogen) atoms. The molecule has 0 saturated carbocycles. The van der Waals surface area contributed by atoms with Gasteiger partial charge in [0.1, 0.15) is 0 Å². The van der Waals surface area contributed by atoms with Gasteiger partial charge in [0.2, 0.25) is 11.8 Å². The van der Waals surface area contributed by atoms with E-state index in [0.717, 1.165) is 6.54 Å². The molecule has 4 nitrogen and oxygen atoms in total. The first-order chi connectivity index (χ1) is 6.63. The van der Waals surface area contributed by atoms with Crippen molar-refractivity contribution in [3.8, 4) is 0 Å². The summed E-state index contributed by atoms with van der Waals surface area (Å²) >= 11 is 5.67. The second-order valence-corrected chi connectivity index (χ2v) is 3.86. The number of nitrogens with one attached hydrogen (secondary N) is 1. The van der Waals surface area contributed by atoms with E-state index >= 15 is 0 Å². The maximum atomic E-state index is 11.4. The first-order valence-corrected chi connectivity index (χ1v) is 5.25. The first kappa shape index (κ1) is 11.3. The monoisotopic (exact) mass is 218 g/mol. The van der Waals surface area contributed by atoms with E-state index in [9.17, 15) is 9.59 Å². The summed E-state index contributed by atoms with van der Waals surface area (Å²) in [5.41, 5.74) is 0.